The number of hydrogen-bond acceptors (Lipinski definition) is 3. The molecule has 0 bridgehead atoms. The first-order valence-electron chi connectivity index (χ1n) is 9.44. The number of imidazole rings is 1. The Morgan fingerprint density at radius 1 is 0.828 bits per heavy atom. The van der Waals surface area contributed by atoms with E-state index in [9.17, 15) is 4.79 Å². The van der Waals surface area contributed by atoms with Crippen LogP contribution in [0.3, 0.4) is 0 Å². The number of fused-ring (bicyclic) bond motifs is 1. The van der Waals surface area contributed by atoms with Gasteiger partial charge < -0.3 is 0 Å². The van der Waals surface area contributed by atoms with Gasteiger partial charge in [-0.25, -0.2) is 4.98 Å². The number of rotatable bonds is 4. The molecular weight excluding hydrogens is 376 g/mol. The number of hydrogen-bond donors (Lipinski definition) is 0. The average Bonchev–Trinajstić information content (AvgIpc) is 3.34. The summed E-state index contributed by atoms with van der Waals surface area (Å²) >= 11 is 1.55. The third-order valence-electron chi connectivity index (χ3n) is 5.01. The zero-order valence-electron chi connectivity index (χ0n) is 15.9. The summed E-state index contributed by atoms with van der Waals surface area (Å²) in [6.45, 7) is 2.08. The molecule has 3 nitrogen and oxygen atoms in total. The van der Waals surface area contributed by atoms with Gasteiger partial charge >= 0.3 is 0 Å². The molecule has 0 saturated carbocycles. The van der Waals surface area contributed by atoms with Crippen molar-refractivity contribution in [3.8, 4) is 22.5 Å². The van der Waals surface area contributed by atoms with Crippen molar-refractivity contribution in [2.75, 3.05) is 0 Å². The van der Waals surface area contributed by atoms with Crippen LogP contribution in [0.15, 0.2) is 90.3 Å². The number of nitrogens with zero attached hydrogens (tertiary/aromatic N) is 2. The van der Waals surface area contributed by atoms with Crippen molar-refractivity contribution in [3.05, 3.63) is 107 Å². The summed E-state index contributed by atoms with van der Waals surface area (Å²) in [6, 6.07) is 27.8. The van der Waals surface area contributed by atoms with Gasteiger partial charge in [-0.05, 0) is 12.5 Å². The smallest absolute Gasteiger partial charge is 0.213 e. The third-order valence-corrected chi connectivity index (χ3v) is 5.83. The van der Waals surface area contributed by atoms with Gasteiger partial charge in [0.1, 0.15) is 5.69 Å². The van der Waals surface area contributed by atoms with Crippen LogP contribution in [-0.4, -0.2) is 15.2 Å². The normalized spacial score (nSPS) is 11.1. The molecule has 0 aliphatic heterocycles. The summed E-state index contributed by atoms with van der Waals surface area (Å²) in [6.07, 6.45) is 0. The van der Waals surface area contributed by atoms with Gasteiger partial charge in [-0.2, -0.15) is 0 Å². The molecular formula is C25H18N2OS. The Labute approximate surface area is 172 Å². The molecule has 29 heavy (non-hydrogen) atoms. The first kappa shape index (κ1) is 17.6. The van der Waals surface area contributed by atoms with Crippen molar-refractivity contribution in [1.82, 2.24) is 9.38 Å². The van der Waals surface area contributed by atoms with E-state index < -0.39 is 0 Å². The molecule has 0 radical (unpaired) electrons. The predicted molar refractivity (Wildman–Crippen MR) is 119 cm³/mol. The Balaban J connectivity index is 1.78. The summed E-state index contributed by atoms with van der Waals surface area (Å²) in [5.74, 6) is -0.0600. The molecule has 0 aliphatic rings. The molecule has 3 aromatic carbocycles. The summed E-state index contributed by atoms with van der Waals surface area (Å²) < 4.78 is 2.11. The van der Waals surface area contributed by atoms with E-state index >= 15 is 0 Å². The number of aromatic nitrogens is 2. The number of carbonyl (C=O) groups excluding carboxylic acids is 1. The fourth-order valence-electron chi connectivity index (χ4n) is 3.53. The van der Waals surface area contributed by atoms with Crippen LogP contribution in [0.4, 0.5) is 0 Å². The Morgan fingerprint density at radius 2 is 1.48 bits per heavy atom. The minimum atomic E-state index is -0.0600. The van der Waals surface area contributed by atoms with Gasteiger partial charge in [-0.3, -0.25) is 9.20 Å². The average molecular weight is 394 g/mol. The summed E-state index contributed by atoms with van der Waals surface area (Å²) in [4.78, 5) is 18.9. The van der Waals surface area contributed by atoms with Gasteiger partial charge in [-0.15, -0.1) is 11.3 Å². The molecule has 5 rings (SSSR count). The Bertz CT molecular complexity index is 1300. The highest BCUT2D eigenvalue weighted by molar-refractivity contribution is 7.15. The number of benzene rings is 3. The molecule has 0 N–H and O–H groups in total. The molecule has 0 unspecified atom stereocenters. The summed E-state index contributed by atoms with van der Waals surface area (Å²) in [7, 11) is 0. The highest BCUT2D eigenvalue weighted by Crippen LogP contribution is 2.35. The van der Waals surface area contributed by atoms with Crippen LogP contribution in [0.5, 0.6) is 0 Å². The van der Waals surface area contributed by atoms with E-state index in [1.54, 1.807) is 11.3 Å². The number of ketones is 1. The lowest BCUT2D eigenvalue weighted by molar-refractivity contribution is 0.103. The van der Waals surface area contributed by atoms with Crippen molar-refractivity contribution in [3.63, 3.8) is 0 Å². The Morgan fingerprint density at radius 3 is 2.17 bits per heavy atom. The third kappa shape index (κ3) is 3.08. The van der Waals surface area contributed by atoms with Crippen LogP contribution >= 0.6 is 11.3 Å². The van der Waals surface area contributed by atoms with E-state index in [4.69, 9.17) is 4.98 Å². The minimum absolute atomic E-state index is 0.0600. The van der Waals surface area contributed by atoms with Crippen molar-refractivity contribution in [2.24, 2.45) is 0 Å². The zero-order valence-corrected chi connectivity index (χ0v) is 16.7. The Kier molecular flexibility index (Phi) is 4.34. The quantitative estimate of drug-likeness (QED) is 0.337. The second-order valence-corrected chi connectivity index (χ2v) is 7.81. The topological polar surface area (TPSA) is 34.4 Å². The Hall–Kier alpha value is -3.50. The van der Waals surface area contributed by atoms with Crippen LogP contribution < -0.4 is 0 Å². The maximum Gasteiger partial charge on any atom is 0.213 e. The molecule has 0 atom stereocenters. The molecule has 0 saturated heterocycles. The van der Waals surface area contributed by atoms with E-state index in [2.05, 4.69) is 41.0 Å². The van der Waals surface area contributed by atoms with Gasteiger partial charge in [-0.1, -0.05) is 90.5 Å². The monoisotopic (exact) mass is 394 g/mol. The molecule has 0 amide bonds. The van der Waals surface area contributed by atoms with E-state index in [-0.39, 0.29) is 5.78 Å². The van der Waals surface area contributed by atoms with E-state index in [1.165, 1.54) is 5.56 Å². The number of thiazole rings is 1. The second kappa shape index (κ2) is 7.15. The molecule has 2 heterocycles. The van der Waals surface area contributed by atoms with Gasteiger partial charge in [0.15, 0.2) is 4.96 Å². The van der Waals surface area contributed by atoms with Gasteiger partial charge in [0.25, 0.3) is 0 Å². The first-order valence-corrected chi connectivity index (χ1v) is 10.3. The predicted octanol–water partition coefficient (Wildman–Crippen LogP) is 6.27. The highest BCUT2D eigenvalue weighted by atomic mass is 32.1. The highest BCUT2D eigenvalue weighted by Gasteiger charge is 2.24. The van der Waals surface area contributed by atoms with Crippen molar-refractivity contribution >= 4 is 22.1 Å². The van der Waals surface area contributed by atoms with Crippen molar-refractivity contribution < 1.29 is 4.79 Å². The van der Waals surface area contributed by atoms with Gasteiger partial charge in [0, 0.05) is 16.5 Å². The molecule has 140 valence electrons. The summed E-state index contributed by atoms with van der Waals surface area (Å²) in [5.41, 5.74) is 6.32. The maximum absolute atomic E-state index is 13.3. The van der Waals surface area contributed by atoms with Crippen molar-refractivity contribution in [2.45, 2.75) is 6.92 Å². The first-order chi connectivity index (χ1) is 14.2. The van der Waals surface area contributed by atoms with Crippen LogP contribution in [0.2, 0.25) is 0 Å². The maximum atomic E-state index is 13.3. The van der Waals surface area contributed by atoms with Crippen molar-refractivity contribution in [1.29, 1.82) is 0 Å². The van der Waals surface area contributed by atoms with E-state index in [0.717, 1.165) is 27.5 Å². The fraction of sp³-hybridized carbons (Fsp3) is 0.0400. The molecule has 0 aliphatic carbocycles. The van der Waals surface area contributed by atoms with Gasteiger partial charge in [0.2, 0.25) is 5.78 Å². The molecule has 0 spiro atoms. The largest absolute Gasteiger partial charge is 0.287 e. The lowest BCUT2D eigenvalue weighted by atomic mass is 10.0. The molecule has 0 fully saturated rings. The SMILES string of the molecule is Cc1ccc(-c2csc3nc(C(=O)c4ccccc4)c(-c4ccccc4)n23)cc1. The number of carbonyl (C=O) groups is 1. The van der Waals surface area contributed by atoms with E-state index in [0.29, 0.717) is 11.3 Å². The standard InChI is InChI=1S/C25H18N2OS/c1-17-12-14-18(15-13-17)21-16-29-25-26-22(24(28)20-10-6-3-7-11-20)23(27(21)25)19-8-4-2-5-9-19/h2-16H,1H3. The molecule has 5 aromatic rings. The van der Waals surface area contributed by atoms with Crippen LogP contribution in [0.1, 0.15) is 21.6 Å². The van der Waals surface area contributed by atoms with E-state index in [1.807, 2.05) is 60.7 Å². The van der Waals surface area contributed by atoms with Gasteiger partial charge in [0.05, 0.1) is 11.4 Å². The summed E-state index contributed by atoms with van der Waals surface area (Å²) in [5, 5.41) is 2.11. The zero-order chi connectivity index (χ0) is 19.8. The fourth-order valence-corrected chi connectivity index (χ4v) is 4.43. The second-order valence-electron chi connectivity index (χ2n) is 6.98. The molecule has 2 aromatic heterocycles. The van der Waals surface area contributed by atoms with Crippen LogP contribution in [0.25, 0.3) is 27.5 Å². The van der Waals surface area contributed by atoms with Crippen LogP contribution in [0, 0.1) is 6.92 Å². The lowest BCUT2D eigenvalue weighted by Crippen LogP contribution is -2.04. The minimum Gasteiger partial charge on any atom is -0.287 e. The molecule has 4 heteroatoms. The number of aryl methyl sites for hydroxylation is 1. The van der Waals surface area contributed by atoms with Crippen LogP contribution in [-0.2, 0) is 0 Å². The lowest BCUT2D eigenvalue weighted by Gasteiger charge is -2.08.